The second kappa shape index (κ2) is 10.0. The Labute approximate surface area is 188 Å². The van der Waals surface area contributed by atoms with Crippen LogP contribution in [0.25, 0.3) is 0 Å². The van der Waals surface area contributed by atoms with E-state index in [1.54, 1.807) is 18.0 Å². The summed E-state index contributed by atoms with van der Waals surface area (Å²) in [7, 11) is 0. The number of anilines is 1. The van der Waals surface area contributed by atoms with Gasteiger partial charge in [0.1, 0.15) is 5.03 Å². The number of halogens is 1. The van der Waals surface area contributed by atoms with Crippen molar-refractivity contribution in [3.8, 4) is 0 Å². The molecule has 1 aliphatic heterocycles. The summed E-state index contributed by atoms with van der Waals surface area (Å²) in [6.07, 6.45) is 3.36. The normalized spacial score (nSPS) is 14.5. The van der Waals surface area contributed by atoms with Crippen LogP contribution < -0.4 is 10.2 Å². The first-order valence-electron chi connectivity index (χ1n) is 9.87. The van der Waals surface area contributed by atoms with E-state index >= 15 is 0 Å². The number of carbonyl (C=O) groups excluding carboxylic acids is 1. The lowest BCUT2D eigenvalue weighted by Crippen LogP contribution is -2.40. The van der Waals surface area contributed by atoms with Gasteiger partial charge in [0.15, 0.2) is 5.82 Å². The van der Waals surface area contributed by atoms with E-state index in [0.29, 0.717) is 6.54 Å². The van der Waals surface area contributed by atoms with E-state index in [1.165, 1.54) is 0 Å². The average Bonchev–Trinajstić information content (AvgIpc) is 2.80. The SMILES string of the molecule is O=C(NCc1ccccn1)C1CCN(c2ccc(Sc3ccc(Br)cc3)nn2)CC1. The molecule has 6 nitrogen and oxygen atoms in total. The van der Waals surface area contributed by atoms with E-state index in [4.69, 9.17) is 0 Å². The van der Waals surface area contributed by atoms with Crippen molar-refractivity contribution in [3.63, 3.8) is 0 Å². The number of nitrogens with one attached hydrogen (secondary N) is 1. The molecule has 1 amide bonds. The van der Waals surface area contributed by atoms with Gasteiger partial charge in [-0.25, -0.2) is 0 Å². The van der Waals surface area contributed by atoms with Crippen LogP contribution in [-0.2, 0) is 11.3 Å². The number of carbonyl (C=O) groups is 1. The molecule has 2 aromatic heterocycles. The molecule has 0 bridgehead atoms. The van der Waals surface area contributed by atoms with Crippen molar-refractivity contribution in [1.82, 2.24) is 20.5 Å². The van der Waals surface area contributed by atoms with Crippen molar-refractivity contribution in [2.45, 2.75) is 29.3 Å². The number of hydrogen-bond acceptors (Lipinski definition) is 6. The van der Waals surface area contributed by atoms with Crippen molar-refractivity contribution in [1.29, 1.82) is 0 Å². The number of amides is 1. The molecule has 0 aliphatic carbocycles. The minimum absolute atomic E-state index is 0.0326. The molecule has 4 rings (SSSR count). The van der Waals surface area contributed by atoms with Gasteiger partial charge in [-0.05, 0) is 61.4 Å². The van der Waals surface area contributed by atoms with Crippen LogP contribution in [-0.4, -0.2) is 34.2 Å². The Morgan fingerprint density at radius 3 is 2.53 bits per heavy atom. The smallest absolute Gasteiger partial charge is 0.223 e. The zero-order chi connectivity index (χ0) is 20.8. The van der Waals surface area contributed by atoms with Gasteiger partial charge < -0.3 is 10.2 Å². The van der Waals surface area contributed by atoms with E-state index in [9.17, 15) is 4.79 Å². The van der Waals surface area contributed by atoms with Gasteiger partial charge in [-0.2, -0.15) is 0 Å². The lowest BCUT2D eigenvalue weighted by molar-refractivity contribution is -0.125. The van der Waals surface area contributed by atoms with Crippen molar-refractivity contribution >= 4 is 39.4 Å². The molecular weight excluding hydrogens is 462 g/mol. The third-order valence-electron chi connectivity index (χ3n) is 5.02. The first-order chi connectivity index (χ1) is 14.7. The Hall–Kier alpha value is -2.45. The molecule has 3 aromatic rings. The van der Waals surface area contributed by atoms with E-state index in [0.717, 1.165) is 51.8 Å². The fourth-order valence-electron chi connectivity index (χ4n) is 3.35. The third kappa shape index (κ3) is 5.58. The molecule has 0 unspecified atom stereocenters. The second-order valence-electron chi connectivity index (χ2n) is 7.09. The Balaban J connectivity index is 1.26. The Kier molecular flexibility index (Phi) is 6.96. The van der Waals surface area contributed by atoms with E-state index in [-0.39, 0.29) is 11.8 Å². The van der Waals surface area contributed by atoms with Gasteiger partial charge in [0, 0.05) is 34.6 Å². The first kappa shape index (κ1) is 20.8. The minimum Gasteiger partial charge on any atom is -0.355 e. The standard InChI is InChI=1S/C22H22BrN5OS/c23-17-4-6-19(7-5-17)30-21-9-8-20(26-27-21)28-13-10-16(11-14-28)22(29)25-15-18-3-1-2-12-24-18/h1-9,12,16H,10-11,13-15H2,(H,25,29). The highest BCUT2D eigenvalue weighted by Gasteiger charge is 2.25. The summed E-state index contributed by atoms with van der Waals surface area (Å²) >= 11 is 5.03. The number of benzene rings is 1. The van der Waals surface area contributed by atoms with Crippen molar-refractivity contribution in [2.24, 2.45) is 5.92 Å². The van der Waals surface area contributed by atoms with Crippen LogP contribution in [0.5, 0.6) is 0 Å². The molecule has 1 aromatic carbocycles. The van der Waals surface area contributed by atoms with Gasteiger partial charge >= 0.3 is 0 Å². The number of nitrogens with zero attached hydrogens (tertiary/aromatic N) is 4. The number of pyridine rings is 1. The molecule has 1 aliphatic rings. The van der Waals surface area contributed by atoms with Crippen LogP contribution >= 0.6 is 27.7 Å². The summed E-state index contributed by atoms with van der Waals surface area (Å²) in [6, 6.07) is 17.9. The lowest BCUT2D eigenvalue weighted by atomic mass is 9.96. The molecule has 0 atom stereocenters. The average molecular weight is 484 g/mol. The summed E-state index contributed by atoms with van der Waals surface area (Å²) in [4.78, 5) is 20.0. The fraction of sp³-hybridized carbons (Fsp3) is 0.273. The predicted molar refractivity (Wildman–Crippen MR) is 121 cm³/mol. The van der Waals surface area contributed by atoms with E-state index in [1.807, 2.05) is 54.6 Å². The van der Waals surface area contributed by atoms with Gasteiger partial charge in [0.2, 0.25) is 5.91 Å². The molecular formula is C22H22BrN5OS. The summed E-state index contributed by atoms with van der Waals surface area (Å²) in [6.45, 7) is 2.08. The highest BCUT2D eigenvalue weighted by Crippen LogP contribution is 2.28. The fourth-order valence-corrected chi connectivity index (χ4v) is 4.35. The van der Waals surface area contributed by atoms with E-state index in [2.05, 4.69) is 41.3 Å². The molecule has 0 radical (unpaired) electrons. The summed E-state index contributed by atoms with van der Waals surface area (Å²) in [5.41, 5.74) is 0.875. The van der Waals surface area contributed by atoms with Crippen molar-refractivity contribution in [3.05, 3.63) is 71.0 Å². The predicted octanol–water partition coefficient (Wildman–Crippen LogP) is 4.32. The first-order valence-corrected chi connectivity index (χ1v) is 11.5. The molecule has 1 fully saturated rings. The number of rotatable bonds is 6. The topological polar surface area (TPSA) is 71.0 Å². The molecule has 1 N–H and O–H groups in total. The summed E-state index contributed by atoms with van der Waals surface area (Å²) in [5, 5.41) is 12.6. The third-order valence-corrected chi connectivity index (χ3v) is 6.49. The maximum atomic E-state index is 12.5. The van der Waals surface area contributed by atoms with Gasteiger partial charge in [0.05, 0.1) is 12.2 Å². The largest absolute Gasteiger partial charge is 0.355 e. The molecule has 0 spiro atoms. The minimum atomic E-state index is 0.0326. The van der Waals surface area contributed by atoms with E-state index < -0.39 is 0 Å². The Morgan fingerprint density at radius 2 is 1.87 bits per heavy atom. The second-order valence-corrected chi connectivity index (χ2v) is 9.10. The molecule has 0 saturated carbocycles. The zero-order valence-corrected chi connectivity index (χ0v) is 18.8. The number of piperidine rings is 1. The van der Waals surface area contributed by atoms with Crippen LogP contribution in [0, 0.1) is 5.92 Å². The number of aromatic nitrogens is 3. The highest BCUT2D eigenvalue weighted by atomic mass is 79.9. The molecule has 1 saturated heterocycles. The Bertz CT molecular complexity index is 961. The molecule has 8 heteroatoms. The summed E-state index contributed by atoms with van der Waals surface area (Å²) < 4.78 is 1.06. The highest BCUT2D eigenvalue weighted by molar-refractivity contribution is 9.10. The van der Waals surface area contributed by atoms with Crippen LogP contribution in [0.1, 0.15) is 18.5 Å². The van der Waals surface area contributed by atoms with Crippen LogP contribution in [0.3, 0.4) is 0 Å². The van der Waals surface area contributed by atoms with Gasteiger partial charge in [0.25, 0.3) is 0 Å². The van der Waals surface area contributed by atoms with Gasteiger partial charge in [-0.3, -0.25) is 9.78 Å². The van der Waals surface area contributed by atoms with Crippen molar-refractivity contribution < 1.29 is 4.79 Å². The monoisotopic (exact) mass is 483 g/mol. The summed E-state index contributed by atoms with van der Waals surface area (Å²) in [5.74, 6) is 1.00. The molecule has 30 heavy (non-hydrogen) atoms. The van der Waals surface area contributed by atoms with Crippen LogP contribution in [0.15, 0.2) is 75.2 Å². The lowest BCUT2D eigenvalue weighted by Gasteiger charge is -2.31. The Morgan fingerprint density at radius 1 is 1.07 bits per heavy atom. The van der Waals surface area contributed by atoms with Crippen LogP contribution in [0.4, 0.5) is 5.82 Å². The molecule has 154 valence electrons. The van der Waals surface area contributed by atoms with Gasteiger partial charge in [-0.15, -0.1) is 10.2 Å². The zero-order valence-electron chi connectivity index (χ0n) is 16.4. The maximum absolute atomic E-state index is 12.5. The maximum Gasteiger partial charge on any atom is 0.223 e. The van der Waals surface area contributed by atoms with Crippen molar-refractivity contribution in [2.75, 3.05) is 18.0 Å². The quantitative estimate of drug-likeness (QED) is 0.562. The molecule has 3 heterocycles. The number of hydrogen-bond donors (Lipinski definition) is 1. The van der Waals surface area contributed by atoms with Crippen LogP contribution in [0.2, 0.25) is 0 Å². The van der Waals surface area contributed by atoms with Gasteiger partial charge in [-0.1, -0.05) is 33.8 Å².